The van der Waals surface area contributed by atoms with Gasteiger partial charge in [-0.15, -0.1) is 0 Å². The van der Waals surface area contributed by atoms with E-state index in [1.54, 1.807) is 37.3 Å². The molecule has 6 nitrogen and oxygen atoms in total. The van der Waals surface area contributed by atoms with Gasteiger partial charge in [-0.2, -0.15) is 5.26 Å². The van der Waals surface area contributed by atoms with Crippen molar-refractivity contribution in [2.45, 2.75) is 11.8 Å². The number of nitrogens with zero attached hydrogens (tertiary/aromatic N) is 1. The van der Waals surface area contributed by atoms with Crippen molar-refractivity contribution in [3.63, 3.8) is 0 Å². The summed E-state index contributed by atoms with van der Waals surface area (Å²) in [6, 6.07) is 12.2. The van der Waals surface area contributed by atoms with Gasteiger partial charge in [-0.25, -0.2) is 13.2 Å². The zero-order valence-corrected chi connectivity index (χ0v) is 15.3. The Hall–Kier alpha value is -2.82. The fourth-order valence-electron chi connectivity index (χ4n) is 1.98. The van der Waals surface area contributed by atoms with E-state index in [4.69, 9.17) is 21.6 Å². The second kappa shape index (κ2) is 8.52. The molecule has 26 heavy (non-hydrogen) atoms. The van der Waals surface area contributed by atoms with Gasteiger partial charge in [0.05, 0.1) is 22.1 Å². The van der Waals surface area contributed by atoms with Crippen LogP contribution in [0.25, 0.3) is 6.08 Å². The first kappa shape index (κ1) is 19.5. The number of nitrogens with one attached hydrogen (secondary N) is 1. The van der Waals surface area contributed by atoms with Crippen LogP contribution in [0.3, 0.4) is 0 Å². The van der Waals surface area contributed by atoms with E-state index in [2.05, 4.69) is 4.72 Å². The predicted molar refractivity (Wildman–Crippen MR) is 99.1 cm³/mol. The molecule has 0 spiro atoms. The quantitative estimate of drug-likeness (QED) is 0.600. The van der Waals surface area contributed by atoms with Crippen molar-refractivity contribution in [3.8, 4) is 6.07 Å². The number of anilines is 1. The number of ether oxygens (including phenoxy) is 1. The first-order chi connectivity index (χ1) is 12.4. The van der Waals surface area contributed by atoms with Crippen LogP contribution in [-0.2, 0) is 19.6 Å². The Kier molecular flexibility index (Phi) is 6.39. The van der Waals surface area contributed by atoms with Crippen LogP contribution >= 0.6 is 11.6 Å². The normalized spacial score (nSPS) is 11.1. The van der Waals surface area contributed by atoms with Gasteiger partial charge in [-0.3, -0.25) is 4.72 Å². The minimum Gasteiger partial charge on any atom is -0.463 e. The lowest BCUT2D eigenvalue weighted by molar-refractivity contribution is -0.137. The maximum Gasteiger partial charge on any atom is 0.330 e. The first-order valence-electron chi connectivity index (χ1n) is 7.53. The minimum absolute atomic E-state index is 0.0483. The fourth-order valence-corrected chi connectivity index (χ4v) is 3.36. The maximum absolute atomic E-state index is 12.4. The lowest BCUT2D eigenvalue weighted by Gasteiger charge is -2.09. The Morgan fingerprint density at radius 2 is 1.96 bits per heavy atom. The number of halogens is 1. The van der Waals surface area contributed by atoms with E-state index in [1.807, 2.05) is 6.07 Å². The molecule has 2 aromatic rings. The van der Waals surface area contributed by atoms with Crippen LogP contribution in [0.2, 0.25) is 5.02 Å². The van der Waals surface area contributed by atoms with Gasteiger partial charge in [0.2, 0.25) is 0 Å². The average Bonchev–Trinajstić information content (AvgIpc) is 2.61. The van der Waals surface area contributed by atoms with Crippen LogP contribution in [0.4, 0.5) is 5.69 Å². The number of hydrogen-bond donors (Lipinski definition) is 1. The minimum atomic E-state index is -3.84. The molecule has 0 unspecified atom stereocenters. The Morgan fingerprint density at radius 3 is 2.54 bits per heavy atom. The van der Waals surface area contributed by atoms with Crippen molar-refractivity contribution in [3.05, 3.63) is 64.7 Å². The summed E-state index contributed by atoms with van der Waals surface area (Å²) in [6.45, 7) is 2.01. The Balaban J connectivity index is 2.14. The lowest BCUT2D eigenvalue weighted by Crippen LogP contribution is -2.13. The summed E-state index contributed by atoms with van der Waals surface area (Å²) in [4.78, 5) is 11.2. The highest BCUT2D eigenvalue weighted by molar-refractivity contribution is 7.92. The van der Waals surface area contributed by atoms with Gasteiger partial charge in [-0.05, 0) is 48.9 Å². The molecule has 0 aromatic heterocycles. The van der Waals surface area contributed by atoms with E-state index in [0.29, 0.717) is 17.9 Å². The molecule has 0 amide bonds. The molecular formula is C18H15ClN2O4S. The van der Waals surface area contributed by atoms with Crippen molar-refractivity contribution < 1.29 is 17.9 Å². The highest BCUT2D eigenvalue weighted by atomic mass is 35.5. The zero-order chi connectivity index (χ0) is 19.2. The second-order valence-electron chi connectivity index (χ2n) is 5.07. The second-order valence-corrected chi connectivity index (χ2v) is 7.16. The molecule has 2 aromatic carbocycles. The van der Waals surface area contributed by atoms with Crippen molar-refractivity contribution >= 4 is 39.4 Å². The van der Waals surface area contributed by atoms with Gasteiger partial charge < -0.3 is 4.74 Å². The van der Waals surface area contributed by atoms with Gasteiger partial charge in [0.15, 0.2) is 0 Å². The van der Waals surface area contributed by atoms with Gasteiger partial charge in [-0.1, -0.05) is 23.7 Å². The zero-order valence-electron chi connectivity index (χ0n) is 13.8. The molecule has 0 saturated heterocycles. The molecule has 0 saturated carbocycles. The third-order valence-electron chi connectivity index (χ3n) is 3.23. The van der Waals surface area contributed by atoms with E-state index in [0.717, 1.165) is 0 Å². The number of carbonyl (C=O) groups excluding carboxylic acids is 1. The summed E-state index contributed by atoms with van der Waals surface area (Å²) in [7, 11) is -3.84. The molecule has 0 aliphatic heterocycles. The predicted octanol–water partition coefficient (Wildman–Crippen LogP) is 3.59. The summed E-state index contributed by atoms with van der Waals surface area (Å²) in [5.74, 6) is -0.449. The van der Waals surface area contributed by atoms with Gasteiger partial charge in [0.25, 0.3) is 10.0 Å². The molecule has 0 radical (unpaired) electrons. The molecule has 0 heterocycles. The van der Waals surface area contributed by atoms with Crippen LogP contribution in [0.15, 0.2) is 53.4 Å². The van der Waals surface area contributed by atoms with Crippen LogP contribution in [-0.4, -0.2) is 21.0 Å². The van der Waals surface area contributed by atoms with E-state index in [-0.39, 0.29) is 15.5 Å². The van der Waals surface area contributed by atoms with Crippen molar-refractivity contribution in [1.82, 2.24) is 0 Å². The van der Waals surface area contributed by atoms with Gasteiger partial charge in [0, 0.05) is 11.8 Å². The van der Waals surface area contributed by atoms with Crippen molar-refractivity contribution in [2.75, 3.05) is 11.3 Å². The van der Waals surface area contributed by atoms with E-state index in [9.17, 15) is 13.2 Å². The lowest BCUT2D eigenvalue weighted by atomic mass is 10.2. The van der Waals surface area contributed by atoms with E-state index in [1.165, 1.54) is 24.3 Å². The molecule has 2 rings (SSSR count). The molecule has 134 valence electrons. The summed E-state index contributed by atoms with van der Waals surface area (Å²) < 4.78 is 32.0. The number of carbonyl (C=O) groups is 1. The Morgan fingerprint density at radius 1 is 1.27 bits per heavy atom. The molecular weight excluding hydrogens is 376 g/mol. The molecule has 0 fully saturated rings. The van der Waals surface area contributed by atoms with Crippen molar-refractivity contribution in [2.24, 2.45) is 0 Å². The summed E-state index contributed by atoms with van der Waals surface area (Å²) in [6.07, 6.45) is 2.86. The number of nitriles is 1. The van der Waals surface area contributed by atoms with Crippen LogP contribution in [0.1, 0.15) is 18.1 Å². The molecule has 0 bridgehead atoms. The van der Waals surface area contributed by atoms with Crippen LogP contribution in [0.5, 0.6) is 0 Å². The summed E-state index contributed by atoms with van der Waals surface area (Å²) in [5, 5.41) is 8.91. The first-order valence-corrected chi connectivity index (χ1v) is 9.39. The standard InChI is InChI=1S/C18H15ClN2O4S/c1-2-25-18(22)10-5-13-3-7-15(8-4-13)21-26(23,24)16-9-6-14(12-20)17(19)11-16/h3-11,21H,2H2,1H3/b10-5+. The van der Waals surface area contributed by atoms with Crippen LogP contribution in [0, 0.1) is 11.3 Å². The molecule has 8 heteroatoms. The number of esters is 1. The Labute approximate surface area is 156 Å². The highest BCUT2D eigenvalue weighted by Crippen LogP contribution is 2.22. The maximum atomic E-state index is 12.4. The number of hydrogen-bond acceptors (Lipinski definition) is 5. The molecule has 0 atom stereocenters. The summed E-state index contributed by atoms with van der Waals surface area (Å²) >= 11 is 5.88. The van der Waals surface area contributed by atoms with Crippen LogP contribution < -0.4 is 4.72 Å². The third kappa shape index (κ3) is 5.09. The van der Waals surface area contributed by atoms with Gasteiger partial charge in [0.1, 0.15) is 6.07 Å². The number of benzene rings is 2. The topological polar surface area (TPSA) is 96.3 Å². The molecule has 1 N–H and O–H groups in total. The average molecular weight is 391 g/mol. The van der Waals surface area contributed by atoms with Gasteiger partial charge >= 0.3 is 5.97 Å². The third-order valence-corrected chi connectivity index (χ3v) is 4.92. The van der Waals surface area contributed by atoms with Crippen molar-refractivity contribution in [1.29, 1.82) is 5.26 Å². The summed E-state index contributed by atoms with van der Waals surface area (Å²) in [5.41, 5.74) is 1.25. The SMILES string of the molecule is CCOC(=O)/C=C/c1ccc(NS(=O)(=O)c2ccc(C#N)c(Cl)c2)cc1. The number of sulfonamides is 1. The Bertz CT molecular complexity index is 977. The fraction of sp³-hybridized carbons (Fsp3) is 0.111. The van der Waals surface area contributed by atoms with E-state index >= 15 is 0 Å². The highest BCUT2D eigenvalue weighted by Gasteiger charge is 2.16. The molecule has 0 aliphatic rings. The molecule has 0 aliphatic carbocycles. The monoisotopic (exact) mass is 390 g/mol. The largest absolute Gasteiger partial charge is 0.463 e. The smallest absolute Gasteiger partial charge is 0.330 e. The number of rotatable bonds is 6. The van der Waals surface area contributed by atoms with E-state index < -0.39 is 16.0 Å².